The Morgan fingerprint density at radius 2 is 1.55 bits per heavy atom. The third kappa shape index (κ3) is 3.54. The molecule has 0 spiro atoms. The van der Waals surface area contributed by atoms with Crippen molar-refractivity contribution in [2.45, 2.75) is 71.6 Å². The molecule has 0 saturated heterocycles. The van der Waals surface area contributed by atoms with Gasteiger partial charge in [-0.25, -0.2) is 4.79 Å². The SMILES string of the molecule is COC(=O)[C@@H](C)C[C@H](Cc1ccccc1)NC(=O)C12C3C4C1C1C2C3C41NC(=O)C(=C(C)C)N(C)C(=O)OC(C)(C)C. The number of carbonyl (C=O) groups excluding carboxylic acids is 4. The van der Waals surface area contributed by atoms with Crippen LogP contribution >= 0.6 is 0 Å². The summed E-state index contributed by atoms with van der Waals surface area (Å²) in [6.07, 6.45) is 0.595. The van der Waals surface area contributed by atoms with Crippen molar-refractivity contribution in [3.05, 3.63) is 47.2 Å². The normalized spacial score (nSPS) is 34.8. The summed E-state index contributed by atoms with van der Waals surface area (Å²) >= 11 is 0. The van der Waals surface area contributed by atoms with E-state index in [9.17, 15) is 19.2 Å². The molecule has 0 bridgehead atoms. The van der Waals surface area contributed by atoms with E-state index < -0.39 is 11.7 Å². The van der Waals surface area contributed by atoms with Crippen LogP contribution in [0.1, 0.15) is 53.5 Å². The molecule has 6 aliphatic rings. The number of hydrogen-bond donors (Lipinski definition) is 2. The second-order valence-corrected chi connectivity index (χ2v) is 14.4. The molecule has 6 fully saturated rings. The first-order valence-electron chi connectivity index (χ1n) is 15.1. The van der Waals surface area contributed by atoms with Gasteiger partial charge in [-0.05, 0) is 94.1 Å². The summed E-state index contributed by atoms with van der Waals surface area (Å²) in [6, 6.07) is 9.84. The predicted molar refractivity (Wildman–Crippen MR) is 154 cm³/mol. The van der Waals surface area contributed by atoms with Crippen molar-refractivity contribution in [2.75, 3.05) is 14.2 Å². The van der Waals surface area contributed by atoms with Gasteiger partial charge in [0, 0.05) is 13.1 Å². The molecule has 9 nitrogen and oxygen atoms in total. The molecule has 6 aliphatic carbocycles. The van der Waals surface area contributed by atoms with E-state index in [1.165, 1.54) is 12.0 Å². The molecule has 0 aromatic heterocycles. The average Bonchev–Trinajstić information content (AvgIpc) is 2.92. The first-order chi connectivity index (χ1) is 19.7. The lowest BCUT2D eigenvalue weighted by Gasteiger charge is -3.10. The van der Waals surface area contributed by atoms with Gasteiger partial charge in [-0.3, -0.25) is 19.3 Å². The minimum absolute atomic E-state index is 0.110. The largest absolute Gasteiger partial charge is 0.469 e. The number of rotatable bonds is 10. The van der Waals surface area contributed by atoms with Gasteiger partial charge in [0.15, 0.2) is 0 Å². The second-order valence-electron chi connectivity index (χ2n) is 14.4. The number of hydrogen-bond acceptors (Lipinski definition) is 6. The van der Waals surface area contributed by atoms with Crippen molar-refractivity contribution in [1.29, 1.82) is 0 Å². The Bertz CT molecular complexity index is 1320. The highest BCUT2D eigenvalue weighted by atomic mass is 16.6. The molecule has 9 heteroatoms. The van der Waals surface area contributed by atoms with E-state index in [-0.39, 0.29) is 40.7 Å². The number of allylic oxidation sites excluding steroid dienone is 1. The maximum Gasteiger partial charge on any atom is 0.414 e. The van der Waals surface area contributed by atoms with E-state index in [0.717, 1.165) is 11.1 Å². The summed E-state index contributed by atoms with van der Waals surface area (Å²) in [4.78, 5) is 53.6. The third-order valence-electron chi connectivity index (χ3n) is 10.9. The van der Waals surface area contributed by atoms with E-state index in [1.54, 1.807) is 27.8 Å². The van der Waals surface area contributed by atoms with Gasteiger partial charge in [-0.2, -0.15) is 0 Å². The van der Waals surface area contributed by atoms with Crippen molar-refractivity contribution in [3.8, 4) is 0 Å². The molecule has 7 rings (SSSR count). The zero-order chi connectivity index (χ0) is 30.5. The van der Waals surface area contributed by atoms with Crippen molar-refractivity contribution in [3.63, 3.8) is 0 Å². The van der Waals surface area contributed by atoms with Crippen LogP contribution in [0.2, 0.25) is 0 Å². The Kier molecular flexibility index (Phi) is 6.38. The van der Waals surface area contributed by atoms with Crippen molar-refractivity contribution in [2.24, 2.45) is 46.8 Å². The lowest BCUT2D eigenvalue weighted by Crippen LogP contribution is -3.16. The molecule has 1 aromatic rings. The van der Waals surface area contributed by atoms with Gasteiger partial charge in [0.25, 0.3) is 5.91 Å². The van der Waals surface area contributed by atoms with Gasteiger partial charge in [0.2, 0.25) is 5.91 Å². The van der Waals surface area contributed by atoms with E-state index in [2.05, 4.69) is 10.6 Å². The summed E-state index contributed by atoms with van der Waals surface area (Å²) in [5.74, 6) is 1.11. The number of methoxy groups -OCH3 is 1. The van der Waals surface area contributed by atoms with Crippen molar-refractivity contribution >= 4 is 23.9 Å². The number of carbonyl (C=O) groups is 4. The van der Waals surface area contributed by atoms with Crippen molar-refractivity contribution < 1.29 is 28.7 Å². The van der Waals surface area contributed by atoms with Crippen LogP contribution in [0, 0.1) is 46.8 Å². The van der Waals surface area contributed by atoms with Gasteiger partial charge >= 0.3 is 12.1 Å². The third-order valence-corrected chi connectivity index (χ3v) is 10.9. The average molecular weight is 578 g/mol. The minimum atomic E-state index is -0.668. The molecule has 0 radical (unpaired) electrons. The quantitative estimate of drug-likeness (QED) is 0.324. The molecule has 0 aliphatic heterocycles. The Morgan fingerprint density at radius 1 is 0.976 bits per heavy atom. The Labute approximate surface area is 247 Å². The summed E-state index contributed by atoms with van der Waals surface area (Å²) in [5, 5.41) is 6.68. The zero-order valence-electron chi connectivity index (χ0n) is 25.8. The molecular weight excluding hydrogens is 534 g/mol. The monoisotopic (exact) mass is 577 g/mol. The van der Waals surface area contributed by atoms with Crippen LogP contribution in [0.15, 0.2) is 41.6 Å². The predicted octanol–water partition coefficient (Wildman–Crippen LogP) is 3.68. The molecule has 3 amide bonds. The van der Waals surface area contributed by atoms with Crippen molar-refractivity contribution in [1.82, 2.24) is 15.5 Å². The number of ether oxygens (including phenoxy) is 2. The number of nitrogens with one attached hydrogen (secondary N) is 2. The molecular formula is C33H43N3O6. The molecule has 226 valence electrons. The van der Waals surface area contributed by atoms with Gasteiger partial charge < -0.3 is 20.1 Å². The topological polar surface area (TPSA) is 114 Å². The summed E-state index contributed by atoms with van der Waals surface area (Å²) in [6.45, 7) is 10.9. The Balaban J connectivity index is 1.11. The van der Waals surface area contributed by atoms with E-state index >= 15 is 0 Å². The number of amides is 3. The molecule has 2 atom stereocenters. The van der Waals surface area contributed by atoms with E-state index in [1.807, 2.05) is 51.1 Å². The van der Waals surface area contributed by atoms with Gasteiger partial charge in [-0.1, -0.05) is 37.3 Å². The highest BCUT2D eigenvalue weighted by Crippen LogP contribution is 3.07. The van der Waals surface area contributed by atoms with Gasteiger partial charge in [-0.15, -0.1) is 0 Å². The second kappa shape index (κ2) is 9.32. The molecule has 1 aromatic carbocycles. The number of nitrogens with zero attached hydrogens (tertiary/aromatic N) is 1. The van der Waals surface area contributed by atoms with E-state index in [4.69, 9.17) is 9.47 Å². The Hall–Kier alpha value is -3.36. The highest BCUT2D eigenvalue weighted by molar-refractivity contribution is 6.00. The van der Waals surface area contributed by atoms with Crippen LogP contribution < -0.4 is 10.6 Å². The van der Waals surface area contributed by atoms with Gasteiger partial charge in [0.05, 0.1) is 24.0 Å². The smallest absolute Gasteiger partial charge is 0.414 e. The fraction of sp³-hybridized carbons (Fsp3) is 0.636. The lowest BCUT2D eigenvalue weighted by molar-refractivity contribution is -0.607. The molecule has 2 N–H and O–H groups in total. The van der Waals surface area contributed by atoms with Crippen LogP contribution in [0.4, 0.5) is 4.79 Å². The zero-order valence-corrected chi connectivity index (χ0v) is 25.8. The number of esters is 1. The minimum Gasteiger partial charge on any atom is -0.469 e. The standard InChI is InChI=1S/C33H43N3O6/c1-16(2)26(36(7)30(40)42-31(4,5)6)27(37)35-33-23-20-24(33)22-25(33)21(23)32(20,22)29(39)34-19(14-17(3)28(38)41-8)15-18-12-10-9-11-13-18/h9-13,17,19-25H,14-15H2,1-8H3,(H,34,39)(H,35,37)/t17-,19+,20?,21?,22?,23?,24?,25?,32?,33?/m0/s1. The molecule has 6 saturated carbocycles. The van der Waals surface area contributed by atoms with Crippen LogP contribution in [-0.2, 0) is 30.3 Å². The van der Waals surface area contributed by atoms with Gasteiger partial charge in [0.1, 0.15) is 11.3 Å². The molecule has 0 unspecified atom stereocenters. The maximum atomic E-state index is 13.9. The number of benzene rings is 1. The van der Waals surface area contributed by atoms with E-state index in [0.29, 0.717) is 54.0 Å². The number of likely N-dealkylation sites (N-methyl/N-ethyl adjacent to an activating group) is 1. The van der Waals surface area contributed by atoms with Crippen LogP contribution in [0.3, 0.4) is 0 Å². The summed E-state index contributed by atoms with van der Waals surface area (Å²) in [7, 11) is 2.96. The Morgan fingerprint density at radius 3 is 2.05 bits per heavy atom. The summed E-state index contributed by atoms with van der Waals surface area (Å²) < 4.78 is 10.4. The van der Waals surface area contributed by atoms with Crippen LogP contribution in [-0.4, -0.2) is 60.1 Å². The van der Waals surface area contributed by atoms with Crippen LogP contribution in [0.25, 0.3) is 0 Å². The highest BCUT2D eigenvalue weighted by Gasteiger charge is 3.12. The fourth-order valence-corrected chi connectivity index (χ4v) is 9.75. The first-order valence-corrected chi connectivity index (χ1v) is 15.1. The summed E-state index contributed by atoms with van der Waals surface area (Å²) in [5.41, 5.74) is 0.939. The first kappa shape index (κ1) is 28.7. The fourth-order valence-electron chi connectivity index (χ4n) is 9.75. The molecule has 42 heavy (non-hydrogen) atoms. The lowest BCUT2D eigenvalue weighted by atomic mass is 8.94. The van der Waals surface area contributed by atoms with Crippen LogP contribution in [0.5, 0.6) is 0 Å². The maximum absolute atomic E-state index is 13.9. The molecule has 0 heterocycles.